The van der Waals surface area contributed by atoms with Gasteiger partial charge >= 0.3 is 0 Å². The lowest BCUT2D eigenvalue weighted by Gasteiger charge is -2.45. The van der Waals surface area contributed by atoms with Crippen LogP contribution in [0, 0.1) is 23.6 Å². The highest BCUT2D eigenvalue weighted by molar-refractivity contribution is 5.85. The van der Waals surface area contributed by atoms with Gasteiger partial charge in [-0.05, 0) is 63.4 Å². The molecule has 23 heavy (non-hydrogen) atoms. The first-order chi connectivity index (χ1) is 10.4. The van der Waals surface area contributed by atoms with Crippen LogP contribution in [0.1, 0.15) is 31.2 Å². The molecule has 0 radical (unpaired) electrons. The van der Waals surface area contributed by atoms with Crippen molar-refractivity contribution in [3.05, 3.63) is 29.6 Å². The third-order valence-corrected chi connectivity index (χ3v) is 5.57. The zero-order chi connectivity index (χ0) is 15.9. The van der Waals surface area contributed by atoms with E-state index in [2.05, 4.69) is 4.90 Å². The fourth-order valence-electron chi connectivity index (χ4n) is 4.61. The number of halogens is 2. The number of hydrogen-bond donors (Lipinski definition) is 1. The van der Waals surface area contributed by atoms with E-state index >= 15 is 0 Å². The van der Waals surface area contributed by atoms with E-state index in [-0.39, 0.29) is 24.1 Å². The molecule has 1 aromatic rings. The van der Waals surface area contributed by atoms with E-state index in [4.69, 9.17) is 4.74 Å². The van der Waals surface area contributed by atoms with Crippen molar-refractivity contribution in [1.29, 1.82) is 0 Å². The van der Waals surface area contributed by atoms with E-state index in [1.807, 2.05) is 14.1 Å². The van der Waals surface area contributed by atoms with Crippen LogP contribution >= 0.6 is 12.4 Å². The average Bonchev–Trinajstić information content (AvgIpc) is 2.87. The maximum Gasteiger partial charge on any atom is 0.129 e. The molecule has 4 atom stereocenters. The molecule has 0 saturated heterocycles. The van der Waals surface area contributed by atoms with Gasteiger partial charge in [0.15, 0.2) is 0 Å². The van der Waals surface area contributed by atoms with Gasteiger partial charge in [0.2, 0.25) is 0 Å². The van der Waals surface area contributed by atoms with Crippen LogP contribution in [0.5, 0.6) is 5.75 Å². The minimum atomic E-state index is -1.09. The van der Waals surface area contributed by atoms with Crippen LogP contribution in [0.4, 0.5) is 4.39 Å². The van der Waals surface area contributed by atoms with Gasteiger partial charge in [-0.3, -0.25) is 0 Å². The van der Waals surface area contributed by atoms with Crippen molar-refractivity contribution in [2.75, 3.05) is 27.7 Å². The molecule has 2 fully saturated rings. The molecule has 0 spiro atoms. The summed E-state index contributed by atoms with van der Waals surface area (Å²) in [7, 11) is 5.61. The monoisotopic (exact) mass is 343 g/mol. The quantitative estimate of drug-likeness (QED) is 0.909. The van der Waals surface area contributed by atoms with Crippen molar-refractivity contribution < 1.29 is 14.2 Å². The molecule has 2 aliphatic carbocycles. The summed E-state index contributed by atoms with van der Waals surface area (Å²) in [4.78, 5) is 2.10. The second-order valence-electron chi connectivity index (χ2n) is 7.28. The number of rotatable bonds is 4. The standard InChI is InChI=1S/C18H26FNO2.ClH/c1-20(2)11-16-13-5-4-12(8-13)10-18(16,21)15-9-14(22-3)6-7-17(15)19;/h6-7,9,12-13,16,21H,4-5,8,10-11H2,1-3H3;1H. The molecule has 2 bridgehead atoms. The molecule has 0 amide bonds. The molecule has 0 aliphatic heterocycles. The molecule has 2 aliphatic rings. The minimum Gasteiger partial charge on any atom is -0.497 e. The van der Waals surface area contributed by atoms with Crippen LogP contribution in [0.2, 0.25) is 0 Å². The van der Waals surface area contributed by atoms with E-state index in [0.717, 1.165) is 19.4 Å². The molecule has 1 N–H and O–H groups in total. The fourth-order valence-corrected chi connectivity index (χ4v) is 4.61. The number of hydrogen-bond acceptors (Lipinski definition) is 3. The van der Waals surface area contributed by atoms with Gasteiger partial charge in [0.1, 0.15) is 11.6 Å². The molecule has 0 aromatic heterocycles. The molecule has 3 nitrogen and oxygen atoms in total. The highest BCUT2D eigenvalue weighted by Crippen LogP contribution is 2.54. The van der Waals surface area contributed by atoms with E-state index in [1.165, 1.54) is 12.5 Å². The molecule has 5 heteroatoms. The smallest absolute Gasteiger partial charge is 0.129 e. The number of nitrogens with zero attached hydrogens (tertiary/aromatic N) is 1. The Balaban J connectivity index is 0.00000192. The summed E-state index contributed by atoms with van der Waals surface area (Å²) >= 11 is 0. The number of fused-ring (bicyclic) bond motifs is 2. The van der Waals surface area contributed by atoms with E-state index < -0.39 is 5.60 Å². The predicted octanol–water partition coefficient (Wildman–Crippen LogP) is 3.44. The van der Waals surface area contributed by atoms with Crippen LogP contribution in [-0.4, -0.2) is 37.8 Å². The molecule has 4 unspecified atom stereocenters. The van der Waals surface area contributed by atoms with Crippen LogP contribution in [0.25, 0.3) is 0 Å². The van der Waals surface area contributed by atoms with Crippen molar-refractivity contribution >= 4 is 12.4 Å². The Kier molecular flexibility index (Phi) is 5.59. The van der Waals surface area contributed by atoms with Gasteiger partial charge in [-0.15, -0.1) is 12.4 Å². The number of methoxy groups -OCH3 is 1. The molecular formula is C18H27ClFNO2. The minimum absolute atomic E-state index is 0. The Hall–Kier alpha value is -0.840. The topological polar surface area (TPSA) is 32.7 Å². The van der Waals surface area contributed by atoms with Gasteiger partial charge in [-0.25, -0.2) is 4.39 Å². The second-order valence-corrected chi connectivity index (χ2v) is 7.28. The van der Waals surface area contributed by atoms with E-state index in [9.17, 15) is 9.50 Å². The van der Waals surface area contributed by atoms with Gasteiger partial charge in [0, 0.05) is 18.0 Å². The molecule has 1 aromatic carbocycles. The lowest BCUT2D eigenvalue weighted by atomic mass is 9.65. The number of benzene rings is 1. The Morgan fingerprint density at radius 3 is 2.74 bits per heavy atom. The Morgan fingerprint density at radius 1 is 1.35 bits per heavy atom. The van der Waals surface area contributed by atoms with E-state index in [0.29, 0.717) is 29.6 Å². The van der Waals surface area contributed by atoms with Gasteiger partial charge in [-0.2, -0.15) is 0 Å². The molecule has 2 saturated carbocycles. The third kappa shape index (κ3) is 3.35. The predicted molar refractivity (Wildman–Crippen MR) is 91.6 cm³/mol. The maximum atomic E-state index is 14.5. The van der Waals surface area contributed by atoms with E-state index in [1.54, 1.807) is 19.2 Å². The highest BCUT2D eigenvalue weighted by atomic mass is 35.5. The SMILES string of the molecule is COc1ccc(F)c(C2(O)CC3CCC(C3)C2CN(C)C)c1.Cl. The summed E-state index contributed by atoms with van der Waals surface area (Å²) in [6.45, 7) is 0.782. The lowest BCUT2D eigenvalue weighted by Crippen LogP contribution is -2.47. The van der Waals surface area contributed by atoms with Gasteiger partial charge in [0.25, 0.3) is 0 Å². The van der Waals surface area contributed by atoms with Crippen molar-refractivity contribution in [3.63, 3.8) is 0 Å². The van der Waals surface area contributed by atoms with Crippen molar-refractivity contribution in [2.45, 2.75) is 31.3 Å². The summed E-state index contributed by atoms with van der Waals surface area (Å²) in [6, 6.07) is 4.71. The normalized spacial score (nSPS) is 32.7. The highest BCUT2D eigenvalue weighted by Gasteiger charge is 2.52. The Bertz CT molecular complexity index is 554. The Labute approximate surface area is 144 Å². The zero-order valence-corrected chi connectivity index (χ0v) is 14.9. The van der Waals surface area contributed by atoms with Crippen LogP contribution < -0.4 is 4.74 Å². The maximum absolute atomic E-state index is 14.5. The lowest BCUT2D eigenvalue weighted by molar-refractivity contribution is -0.0913. The Morgan fingerprint density at radius 2 is 2.09 bits per heavy atom. The van der Waals surface area contributed by atoms with Gasteiger partial charge in [0.05, 0.1) is 12.7 Å². The first-order valence-electron chi connectivity index (χ1n) is 8.15. The largest absolute Gasteiger partial charge is 0.497 e. The first kappa shape index (κ1) is 18.5. The molecular weight excluding hydrogens is 317 g/mol. The summed E-state index contributed by atoms with van der Waals surface area (Å²) in [6.07, 6.45) is 4.14. The fraction of sp³-hybridized carbons (Fsp3) is 0.667. The number of aliphatic hydroxyl groups is 1. The number of ether oxygens (including phenoxy) is 1. The first-order valence-corrected chi connectivity index (χ1v) is 8.15. The van der Waals surface area contributed by atoms with Crippen molar-refractivity contribution in [1.82, 2.24) is 4.90 Å². The van der Waals surface area contributed by atoms with Crippen LogP contribution in [-0.2, 0) is 5.60 Å². The van der Waals surface area contributed by atoms with Gasteiger partial charge < -0.3 is 14.7 Å². The molecule has 3 rings (SSSR count). The van der Waals surface area contributed by atoms with Crippen molar-refractivity contribution in [3.8, 4) is 5.75 Å². The average molecular weight is 344 g/mol. The van der Waals surface area contributed by atoms with Crippen LogP contribution in [0.15, 0.2) is 18.2 Å². The van der Waals surface area contributed by atoms with Crippen LogP contribution in [0.3, 0.4) is 0 Å². The second kappa shape index (κ2) is 6.96. The third-order valence-electron chi connectivity index (χ3n) is 5.57. The summed E-state index contributed by atoms with van der Waals surface area (Å²) in [5.74, 6) is 1.35. The molecule has 0 heterocycles. The summed E-state index contributed by atoms with van der Waals surface area (Å²) in [5, 5.41) is 11.5. The van der Waals surface area contributed by atoms with Crippen molar-refractivity contribution in [2.24, 2.45) is 17.8 Å². The summed E-state index contributed by atoms with van der Waals surface area (Å²) in [5.41, 5.74) is -0.678. The van der Waals surface area contributed by atoms with Gasteiger partial charge in [-0.1, -0.05) is 6.42 Å². The molecule has 130 valence electrons. The zero-order valence-electron chi connectivity index (χ0n) is 14.1. The summed E-state index contributed by atoms with van der Waals surface area (Å²) < 4.78 is 19.7.